The standard InChI is InChI=1S/C19H16Cl2N2/c20-17-9-16(23)10-18(21)19(17)14-6-5-13(15(8-14)11-22)7-12-3-1-2-4-12/h5-10H,1-4,23H2. The van der Waals surface area contributed by atoms with Crippen LogP contribution in [0.4, 0.5) is 5.69 Å². The van der Waals surface area contributed by atoms with E-state index in [4.69, 9.17) is 28.9 Å². The van der Waals surface area contributed by atoms with Crippen molar-refractivity contribution in [3.05, 3.63) is 57.1 Å². The van der Waals surface area contributed by atoms with Crippen molar-refractivity contribution in [1.82, 2.24) is 0 Å². The lowest BCUT2D eigenvalue weighted by Crippen LogP contribution is -1.90. The van der Waals surface area contributed by atoms with Gasteiger partial charge in [-0.2, -0.15) is 5.26 Å². The number of nitriles is 1. The fraction of sp³-hybridized carbons (Fsp3) is 0.211. The van der Waals surface area contributed by atoms with E-state index in [9.17, 15) is 5.26 Å². The molecule has 2 N–H and O–H groups in total. The van der Waals surface area contributed by atoms with Crippen LogP contribution in [0.5, 0.6) is 0 Å². The second-order valence-electron chi connectivity index (χ2n) is 5.78. The third-order valence-corrected chi connectivity index (χ3v) is 4.73. The highest BCUT2D eigenvalue weighted by Gasteiger charge is 2.13. The van der Waals surface area contributed by atoms with Crippen LogP contribution in [0.1, 0.15) is 36.8 Å². The maximum atomic E-state index is 9.48. The van der Waals surface area contributed by atoms with Crippen molar-refractivity contribution >= 4 is 35.0 Å². The first-order valence-corrected chi connectivity index (χ1v) is 8.32. The molecule has 116 valence electrons. The van der Waals surface area contributed by atoms with E-state index >= 15 is 0 Å². The normalized spacial score (nSPS) is 13.9. The zero-order valence-electron chi connectivity index (χ0n) is 12.6. The molecule has 0 bridgehead atoms. The summed E-state index contributed by atoms with van der Waals surface area (Å²) in [6.45, 7) is 0. The fourth-order valence-corrected chi connectivity index (χ4v) is 3.72. The summed E-state index contributed by atoms with van der Waals surface area (Å²) in [6, 6.07) is 11.4. The Bertz CT molecular complexity index is 801. The molecule has 0 heterocycles. The molecule has 2 aromatic rings. The lowest BCUT2D eigenvalue weighted by atomic mass is 9.97. The molecule has 4 heteroatoms. The number of nitrogens with zero attached hydrogens (tertiary/aromatic N) is 1. The molecule has 0 radical (unpaired) electrons. The summed E-state index contributed by atoms with van der Waals surface area (Å²) in [5.74, 6) is 0. The number of hydrogen-bond acceptors (Lipinski definition) is 2. The van der Waals surface area contributed by atoms with E-state index in [0.717, 1.165) is 24.0 Å². The van der Waals surface area contributed by atoms with Gasteiger partial charge in [-0.3, -0.25) is 0 Å². The minimum Gasteiger partial charge on any atom is -0.399 e. The van der Waals surface area contributed by atoms with Gasteiger partial charge in [0.15, 0.2) is 0 Å². The van der Waals surface area contributed by atoms with Crippen LogP contribution in [0.15, 0.2) is 35.9 Å². The van der Waals surface area contributed by atoms with Gasteiger partial charge < -0.3 is 5.73 Å². The average molecular weight is 343 g/mol. The quantitative estimate of drug-likeness (QED) is 0.673. The first-order chi connectivity index (χ1) is 11.1. The van der Waals surface area contributed by atoms with Crippen molar-refractivity contribution in [1.29, 1.82) is 5.26 Å². The van der Waals surface area contributed by atoms with Crippen LogP contribution < -0.4 is 5.73 Å². The number of halogens is 2. The first-order valence-electron chi connectivity index (χ1n) is 7.57. The van der Waals surface area contributed by atoms with Crippen molar-refractivity contribution in [2.24, 2.45) is 0 Å². The SMILES string of the molecule is N#Cc1cc(-c2c(Cl)cc(N)cc2Cl)ccc1C=C1CCCC1. The molecule has 3 rings (SSSR count). The molecule has 0 spiro atoms. The molecule has 1 fully saturated rings. The molecule has 0 aromatic heterocycles. The maximum absolute atomic E-state index is 9.48. The Kier molecular flexibility index (Phi) is 4.61. The highest BCUT2D eigenvalue weighted by Crippen LogP contribution is 2.37. The summed E-state index contributed by atoms with van der Waals surface area (Å²) in [5, 5.41) is 10.5. The smallest absolute Gasteiger partial charge is 0.0998 e. The summed E-state index contributed by atoms with van der Waals surface area (Å²) in [7, 11) is 0. The van der Waals surface area contributed by atoms with Gasteiger partial charge in [-0.05, 0) is 55.0 Å². The number of hydrogen-bond donors (Lipinski definition) is 1. The van der Waals surface area contributed by atoms with Gasteiger partial charge in [0.1, 0.15) is 0 Å². The third-order valence-electron chi connectivity index (χ3n) is 4.13. The molecule has 0 aliphatic heterocycles. The Morgan fingerprint density at radius 1 is 1.04 bits per heavy atom. The minimum atomic E-state index is 0.487. The predicted molar refractivity (Wildman–Crippen MR) is 97.5 cm³/mol. The van der Waals surface area contributed by atoms with E-state index in [1.165, 1.54) is 18.4 Å². The van der Waals surface area contributed by atoms with Gasteiger partial charge >= 0.3 is 0 Å². The van der Waals surface area contributed by atoms with Gasteiger partial charge in [0, 0.05) is 11.3 Å². The fourth-order valence-electron chi connectivity index (χ4n) is 3.00. The first kappa shape index (κ1) is 15.9. The predicted octanol–water partition coefficient (Wildman–Crippen LogP) is 6.07. The van der Waals surface area contributed by atoms with Crippen LogP contribution in [0, 0.1) is 11.3 Å². The van der Waals surface area contributed by atoms with E-state index in [2.05, 4.69) is 12.1 Å². The largest absolute Gasteiger partial charge is 0.399 e. The molecule has 2 nitrogen and oxygen atoms in total. The molecule has 1 aliphatic rings. The van der Waals surface area contributed by atoms with E-state index in [-0.39, 0.29) is 0 Å². The molecule has 0 saturated heterocycles. The summed E-state index contributed by atoms with van der Waals surface area (Å²) < 4.78 is 0. The van der Waals surface area contributed by atoms with E-state index in [0.29, 0.717) is 26.9 Å². The summed E-state index contributed by atoms with van der Waals surface area (Å²) in [5.41, 5.74) is 10.8. The Balaban J connectivity index is 2.07. The van der Waals surface area contributed by atoms with Crippen LogP contribution in [0.25, 0.3) is 17.2 Å². The number of rotatable bonds is 2. The minimum absolute atomic E-state index is 0.487. The monoisotopic (exact) mass is 342 g/mol. The zero-order valence-corrected chi connectivity index (χ0v) is 14.1. The second kappa shape index (κ2) is 6.66. The number of benzene rings is 2. The van der Waals surface area contributed by atoms with Gasteiger partial charge in [0.25, 0.3) is 0 Å². The zero-order chi connectivity index (χ0) is 16.4. The van der Waals surface area contributed by atoms with Crippen LogP contribution in [-0.4, -0.2) is 0 Å². The van der Waals surface area contributed by atoms with Crippen molar-refractivity contribution in [2.45, 2.75) is 25.7 Å². The van der Waals surface area contributed by atoms with Gasteiger partial charge in [-0.1, -0.05) is 47.0 Å². The van der Waals surface area contributed by atoms with Crippen LogP contribution >= 0.6 is 23.2 Å². The second-order valence-corrected chi connectivity index (χ2v) is 6.60. The van der Waals surface area contributed by atoms with Crippen LogP contribution in [0.2, 0.25) is 10.0 Å². The summed E-state index contributed by atoms with van der Waals surface area (Å²) >= 11 is 12.6. The summed E-state index contributed by atoms with van der Waals surface area (Å²) in [4.78, 5) is 0. The molecule has 1 aliphatic carbocycles. The maximum Gasteiger partial charge on any atom is 0.0998 e. The Hall–Kier alpha value is -1.95. The molecule has 2 aromatic carbocycles. The molecular weight excluding hydrogens is 327 g/mol. The van der Waals surface area contributed by atoms with Gasteiger partial charge in [0.2, 0.25) is 0 Å². The van der Waals surface area contributed by atoms with Gasteiger partial charge in [-0.25, -0.2) is 0 Å². The Morgan fingerprint density at radius 2 is 1.70 bits per heavy atom. The molecule has 1 saturated carbocycles. The van der Waals surface area contributed by atoms with Crippen LogP contribution in [0.3, 0.4) is 0 Å². The van der Waals surface area contributed by atoms with Crippen molar-refractivity contribution in [3.63, 3.8) is 0 Å². The number of allylic oxidation sites excluding steroid dienone is 1. The molecule has 0 atom stereocenters. The Morgan fingerprint density at radius 3 is 2.30 bits per heavy atom. The number of nitrogens with two attached hydrogens (primary N) is 1. The molecular formula is C19H16Cl2N2. The van der Waals surface area contributed by atoms with Crippen molar-refractivity contribution in [2.75, 3.05) is 5.73 Å². The van der Waals surface area contributed by atoms with Gasteiger partial charge in [0.05, 0.1) is 21.7 Å². The van der Waals surface area contributed by atoms with E-state index in [1.807, 2.05) is 18.2 Å². The third kappa shape index (κ3) is 3.37. The number of nitrogen functional groups attached to an aromatic ring is 1. The van der Waals surface area contributed by atoms with Crippen molar-refractivity contribution < 1.29 is 0 Å². The topological polar surface area (TPSA) is 49.8 Å². The molecule has 23 heavy (non-hydrogen) atoms. The average Bonchev–Trinajstić information content (AvgIpc) is 3.00. The Labute approximate surface area is 146 Å². The molecule has 0 unspecified atom stereocenters. The highest BCUT2D eigenvalue weighted by atomic mass is 35.5. The summed E-state index contributed by atoms with van der Waals surface area (Å²) in [6.07, 6.45) is 6.87. The number of anilines is 1. The molecule has 0 amide bonds. The van der Waals surface area contributed by atoms with Gasteiger partial charge in [-0.15, -0.1) is 0 Å². The van der Waals surface area contributed by atoms with E-state index in [1.54, 1.807) is 12.1 Å². The lowest BCUT2D eigenvalue weighted by Gasteiger charge is -2.10. The van der Waals surface area contributed by atoms with Crippen LogP contribution in [-0.2, 0) is 0 Å². The van der Waals surface area contributed by atoms with Crippen molar-refractivity contribution in [3.8, 4) is 17.2 Å². The van der Waals surface area contributed by atoms with E-state index < -0.39 is 0 Å². The lowest BCUT2D eigenvalue weighted by molar-refractivity contribution is 0.886. The highest BCUT2D eigenvalue weighted by molar-refractivity contribution is 6.39.